The number of rotatable bonds is 6. The Hall–Kier alpha value is -0.860. The Morgan fingerprint density at radius 1 is 1.25 bits per heavy atom. The molecular weight excluding hydrogens is 246 g/mol. The van der Waals surface area contributed by atoms with Gasteiger partial charge in [-0.05, 0) is 37.2 Å². The third-order valence-corrected chi connectivity index (χ3v) is 4.81. The van der Waals surface area contributed by atoms with E-state index in [9.17, 15) is 0 Å². The maximum atomic E-state index is 6.16. The Labute approximate surface area is 122 Å². The molecule has 2 unspecified atom stereocenters. The van der Waals surface area contributed by atoms with Gasteiger partial charge in [-0.3, -0.25) is 0 Å². The van der Waals surface area contributed by atoms with E-state index in [1.54, 1.807) is 0 Å². The van der Waals surface area contributed by atoms with E-state index in [4.69, 9.17) is 4.74 Å². The SMILES string of the molecule is CC(C)NCC1(Cc2ccccc2)CCOC1C1CC1. The van der Waals surface area contributed by atoms with Gasteiger partial charge in [0, 0.05) is 24.6 Å². The first-order valence-corrected chi connectivity index (χ1v) is 8.08. The third-order valence-electron chi connectivity index (χ3n) is 4.81. The van der Waals surface area contributed by atoms with Crippen molar-refractivity contribution in [3.05, 3.63) is 35.9 Å². The standard InChI is InChI=1S/C18H27NO/c1-14(2)19-13-18(12-15-6-4-3-5-7-15)10-11-20-17(18)16-8-9-16/h3-7,14,16-17,19H,8-13H2,1-2H3. The van der Waals surface area contributed by atoms with Gasteiger partial charge in [-0.15, -0.1) is 0 Å². The highest BCUT2D eigenvalue weighted by atomic mass is 16.5. The Morgan fingerprint density at radius 2 is 2.00 bits per heavy atom. The van der Waals surface area contributed by atoms with Crippen molar-refractivity contribution in [3.63, 3.8) is 0 Å². The molecular formula is C18H27NO. The second kappa shape index (κ2) is 5.87. The van der Waals surface area contributed by atoms with Crippen LogP contribution < -0.4 is 5.32 Å². The van der Waals surface area contributed by atoms with Crippen molar-refractivity contribution in [2.75, 3.05) is 13.2 Å². The van der Waals surface area contributed by atoms with Gasteiger partial charge in [0.2, 0.25) is 0 Å². The van der Waals surface area contributed by atoms with E-state index in [0.29, 0.717) is 17.6 Å². The lowest BCUT2D eigenvalue weighted by molar-refractivity contribution is 0.0298. The summed E-state index contributed by atoms with van der Waals surface area (Å²) in [4.78, 5) is 0. The van der Waals surface area contributed by atoms with E-state index in [0.717, 1.165) is 25.5 Å². The second-order valence-electron chi connectivity index (χ2n) is 6.94. The Balaban J connectivity index is 1.78. The van der Waals surface area contributed by atoms with Crippen LogP contribution in [0.15, 0.2) is 30.3 Å². The molecule has 0 aromatic heterocycles. The fourth-order valence-electron chi connectivity index (χ4n) is 3.59. The molecule has 1 N–H and O–H groups in total. The molecule has 110 valence electrons. The van der Waals surface area contributed by atoms with Gasteiger partial charge >= 0.3 is 0 Å². The molecule has 2 atom stereocenters. The minimum Gasteiger partial charge on any atom is -0.377 e. The van der Waals surface area contributed by atoms with Crippen LogP contribution in [0.25, 0.3) is 0 Å². The Bertz CT molecular complexity index is 426. The highest BCUT2D eigenvalue weighted by Gasteiger charge is 2.50. The average molecular weight is 273 g/mol. The first kappa shape index (κ1) is 14.1. The second-order valence-corrected chi connectivity index (χ2v) is 6.94. The van der Waals surface area contributed by atoms with Crippen LogP contribution in [-0.4, -0.2) is 25.3 Å². The lowest BCUT2D eigenvalue weighted by Crippen LogP contribution is -2.45. The molecule has 0 bridgehead atoms. The molecule has 1 aromatic rings. The van der Waals surface area contributed by atoms with Gasteiger partial charge in [-0.2, -0.15) is 0 Å². The van der Waals surface area contributed by atoms with Crippen LogP contribution in [0.2, 0.25) is 0 Å². The van der Waals surface area contributed by atoms with Gasteiger partial charge in [-0.1, -0.05) is 44.2 Å². The number of ether oxygens (including phenoxy) is 1. The van der Waals surface area contributed by atoms with Crippen molar-refractivity contribution in [2.45, 2.75) is 51.7 Å². The lowest BCUT2D eigenvalue weighted by atomic mass is 9.74. The van der Waals surface area contributed by atoms with Gasteiger partial charge in [0.05, 0.1) is 6.10 Å². The summed E-state index contributed by atoms with van der Waals surface area (Å²) in [6, 6.07) is 11.5. The fourth-order valence-corrected chi connectivity index (χ4v) is 3.59. The first-order valence-electron chi connectivity index (χ1n) is 8.08. The highest BCUT2D eigenvalue weighted by molar-refractivity contribution is 5.19. The molecule has 2 fully saturated rings. The number of nitrogens with one attached hydrogen (secondary N) is 1. The molecule has 1 aliphatic heterocycles. The molecule has 0 spiro atoms. The van der Waals surface area contributed by atoms with Crippen LogP contribution in [0, 0.1) is 11.3 Å². The molecule has 0 amide bonds. The van der Waals surface area contributed by atoms with E-state index >= 15 is 0 Å². The van der Waals surface area contributed by atoms with E-state index < -0.39 is 0 Å². The zero-order chi connectivity index (χ0) is 14.0. The summed E-state index contributed by atoms with van der Waals surface area (Å²) >= 11 is 0. The normalized spacial score (nSPS) is 30.1. The number of hydrogen-bond acceptors (Lipinski definition) is 2. The molecule has 1 saturated heterocycles. The molecule has 2 nitrogen and oxygen atoms in total. The molecule has 1 aromatic carbocycles. The summed E-state index contributed by atoms with van der Waals surface area (Å²) < 4.78 is 6.16. The molecule has 0 radical (unpaired) electrons. The van der Waals surface area contributed by atoms with Gasteiger partial charge in [-0.25, -0.2) is 0 Å². The van der Waals surface area contributed by atoms with E-state index in [-0.39, 0.29) is 0 Å². The summed E-state index contributed by atoms with van der Waals surface area (Å²) in [5, 5.41) is 3.68. The topological polar surface area (TPSA) is 21.3 Å². The van der Waals surface area contributed by atoms with Crippen LogP contribution in [0.1, 0.15) is 38.7 Å². The molecule has 1 heterocycles. The number of benzene rings is 1. The van der Waals surface area contributed by atoms with Crippen LogP contribution >= 0.6 is 0 Å². The summed E-state index contributed by atoms with van der Waals surface area (Å²) in [5.41, 5.74) is 1.75. The Kier molecular flexibility index (Phi) is 4.13. The van der Waals surface area contributed by atoms with Crippen LogP contribution in [0.3, 0.4) is 0 Å². The van der Waals surface area contributed by atoms with Crippen molar-refractivity contribution >= 4 is 0 Å². The summed E-state index contributed by atoms with van der Waals surface area (Å²) in [6.07, 6.45) is 5.54. The van der Waals surface area contributed by atoms with E-state index in [2.05, 4.69) is 49.5 Å². The highest BCUT2D eigenvalue weighted by Crippen LogP contribution is 2.49. The molecule has 2 aliphatic rings. The minimum absolute atomic E-state index is 0.298. The van der Waals surface area contributed by atoms with Crippen molar-refractivity contribution in [3.8, 4) is 0 Å². The van der Waals surface area contributed by atoms with Crippen LogP contribution in [0.5, 0.6) is 0 Å². The summed E-state index contributed by atoms with van der Waals surface area (Å²) in [7, 11) is 0. The van der Waals surface area contributed by atoms with Gasteiger partial charge in [0.25, 0.3) is 0 Å². The average Bonchev–Trinajstić information content (AvgIpc) is 3.20. The smallest absolute Gasteiger partial charge is 0.0675 e. The Morgan fingerprint density at radius 3 is 2.65 bits per heavy atom. The lowest BCUT2D eigenvalue weighted by Gasteiger charge is -2.35. The predicted molar refractivity (Wildman–Crippen MR) is 82.8 cm³/mol. The summed E-state index contributed by atoms with van der Waals surface area (Å²) in [5.74, 6) is 0.815. The minimum atomic E-state index is 0.298. The predicted octanol–water partition coefficient (Wildman–Crippen LogP) is 3.41. The number of hydrogen-bond donors (Lipinski definition) is 1. The zero-order valence-corrected chi connectivity index (χ0v) is 12.8. The van der Waals surface area contributed by atoms with Crippen molar-refractivity contribution in [1.82, 2.24) is 5.32 Å². The van der Waals surface area contributed by atoms with Gasteiger partial charge < -0.3 is 10.1 Å². The molecule has 1 aliphatic carbocycles. The van der Waals surface area contributed by atoms with Crippen molar-refractivity contribution < 1.29 is 4.74 Å². The van der Waals surface area contributed by atoms with Crippen LogP contribution in [0.4, 0.5) is 0 Å². The molecule has 2 heteroatoms. The maximum absolute atomic E-state index is 6.16. The van der Waals surface area contributed by atoms with Gasteiger partial charge in [0.15, 0.2) is 0 Å². The molecule has 1 saturated carbocycles. The molecule has 20 heavy (non-hydrogen) atoms. The maximum Gasteiger partial charge on any atom is 0.0675 e. The molecule has 3 rings (SSSR count). The van der Waals surface area contributed by atoms with Crippen molar-refractivity contribution in [1.29, 1.82) is 0 Å². The zero-order valence-electron chi connectivity index (χ0n) is 12.8. The third kappa shape index (κ3) is 3.07. The van der Waals surface area contributed by atoms with Crippen LogP contribution in [-0.2, 0) is 11.2 Å². The van der Waals surface area contributed by atoms with E-state index in [1.165, 1.54) is 24.8 Å². The largest absolute Gasteiger partial charge is 0.377 e. The summed E-state index contributed by atoms with van der Waals surface area (Å²) in [6.45, 7) is 6.49. The van der Waals surface area contributed by atoms with Gasteiger partial charge in [0.1, 0.15) is 0 Å². The fraction of sp³-hybridized carbons (Fsp3) is 0.667. The van der Waals surface area contributed by atoms with E-state index in [1.807, 2.05) is 0 Å². The quantitative estimate of drug-likeness (QED) is 0.857. The monoisotopic (exact) mass is 273 g/mol. The first-order chi connectivity index (χ1) is 9.70. The van der Waals surface area contributed by atoms with Crippen molar-refractivity contribution in [2.24, 2.45) is 11.3 Å².